The van der Waals surface area contributed by atoms with Crippen molar-refractivity contribution in [1.82, 2.24) is 0 Å². The number of methoxy groups -OCH3 is 2. The van der Waals surface area contributed by atoms with E-state index in [1.165, 1.54) is 26.4 Å². The van der Waals surface area contributed by atoms with Gasteiger partial charge in [0.05, 0.1) is 25.3 Å². The monoisotopic (exact) mass is 466 g/mol. The van der Waals surface area contributed by atoms with Gasteiger partial charge in [0.25, 0.3) is 0 Å². The van der Waals surface area contributed by atoms with Crippen LogP contribution in [0.25, 0.3) is 0 Å². The Balaban J connectivity index is 2.26. The van der Waals surface area contributed by atoms with E-state index < -0.39 is 55.4 Å². The van der Waals surface area contributed by atoms with Crippen LogP contribution in [0, 0.1) is 0 Å². The number of ether oxygens (including phenoxy) is 2. The fourth-order valence-corrected chi connectivity index (χ4v) is 3.91. The van der Waals surface area contributed by atoms with Crippen LogP contribution < -0.4 is 9.47 Å². The molecule has 4 nitrogen and oxygen atoms in total. The zero-order chi connectivity index (χ0) is 23.4. The molecule has 1 unspecified atom stereocenters. The molecule has 0 saturated carbocycles. The van der Waals surface area contributed by atoms with Crippen molar-refractivity contribution < 1.29 is 45.4 Å². The zero-order valence-corrected chi connectivity index (χ0v) is 17.3. The summed E-state index contributed by atoms with van der Waals surface area (Å²) in [4.78, 5) is 24.9. The second-order valence-corrected chi connectivity index (χ2v) is 7.50. The van der Waals surface area contributed by atoms with Crippen LogP contribution in [-0.4, -0.2) is 31.7 Å². The first-order valence-electron chi connectivity index (χ1n) is 8.71. The maximum absolute atomic E-state index is 13.2. The Morgan fingerprint density at radius 2 is 1.26 bits per heavy atom. The lowest BCUT2D eigenvalue weighted by Crippen LogP contribution is -2.20. The van der Waals surface area contributed by atoms with E-state index >= 15 is 0 Å². The van der Waals surface area contributed by atoms with E-state index in [2.05, 4.69) is 0 Å². The highest BCUT2D eigenvalue weighted by Crippen LogP contribution is 2.40. The van der Waals surface area contributed by atoms with E-state index in [1.807, 2.05) is 0 Å². The molecule has 1 atom stereocenters. The molecule has 0 fully saturated rings. The number of Topliss-reactive ketones (excluding diaryl/α,β-unsaturated/α-hetero) is 1. The third-order valence-electron chi connectivity index (χ3n) is 4.25. The Hall–Kier alpha value is -2.61. The van der Waals surface area contributed by atoms with Crippen LogP contribution in [0.2, 0.25) is 0 Å². The van der Waals surface area contributed by atoms with E-state index in [0.717, 1.165) is 0 Å². The van der Waals surface area contributed by atoms with E-state index in [-0.39, 0.29) is 23.2 Å². The van der Waals surface area contributed by atoms with E-state index in [4.69, 9.17) is 9.47 Å². The second kappa shape index (κ2) is 9.68. The summed E-state index contributed by atoms with van der Waals surface area (Å²) in [7, 11) is 2.05. The van der Waals surface area contributed by atoms with E-state index in [1.54, 1.807) is 6.07 Å². The Labute approximate surface area is 175 Å². The van der Waals surface area contributed by atoms with Gasteiger partial charge < -0.3 is 9.47 Å². The van der Waals surface area contributed by atoms with Crippen LogP contribution in [0.15, 0.2) is 36.4 Å². The molecule has 0 aromatic heterocycles. The maximum Gasteiger partial charge on any atom is 0.417 e. The predicted octanol–water partition coefficient (Wildman–Crippen LogP) is 5.83. The molecule has 0 aliphatic carbocycles. The molecule has 0 N–H and O–H groups in total. The quantitative estimate of drug-likeness (QED) is 0.279. The third kappa shape index (κ3) is 5.76. The van der Waals surface area contributed by atoms with Gasteiger partial charge in [-0.2, -0.15) is 26.3 Å². The number of carbonyl (C=O) groups is 2. The van der Waals surface area contributed by atoms with Gasteiger partial charge >= 0.3 is 12.4 Å². The first-order valence-corrected chi connectivity index (χ1v) is 9.92. The van der Waals surface area contributed by atoms with Crippen molar-refractivity contribution in [1.29, 1.82) is 0 Å². The molecule has 0 amide bonds. The first-order chi connectivity index (χ1) is 14.4. The van der Waals surface area contributed by atoms with Crippen LogP contribution in [0.5, 0.6) is 11.5 Å². The number of rotatable bonds is 8. The van der Waals surface area contributed by atoms with Crippen molar-refractivity contribution >= 4 is 19.9 Å². The fraction of sp³-hybridized carbons (Fsp3) is 0.300. The molecule has 0 aliphatic rings. The Morgan fingerprint density at radius 3 is 1.68 bits per heavy atom. The first kappa shape index (κ1) is 24.7. The van der Waals surface area contributed by atoms with Gasteiger partial charge in [0.2, 0.25) is 0 Å². The Kier molecular flexibility index (Phi) is 7.70. The summed E-state index contributed by atoms with van der Waals surface area (Å²) in [5, 5.41) is 0. The number of ketones is 1. The van der Waals surface area contributed by atoms with Crippen molar-refractivity contribution in [2.75, 3.05) is 20.4 Å². The normalized spacial score (nSPS) is 12.3. The number of hydrogen-bond acceptors (Lipinski definition) is 4. The average molecular weight is 466 g/mol. The van der Waals surface area contributed by atoms with Gasteiger partial charge in [-0.25, -0.2) is 0 Å². The molecule has 2 aromatic carbocycles. The molecule has 0 spiro atoms. The maximum atomic E-state index is 13.2. The van der Waals surface area contributed by atoms with Gasteiger partial charge in [-0.1, -0.05) is 12.1 Å². The molecule has 2 aromatic rings. The number of hydrogen-bond donors (Lipinski definition) is 0. The number of carbonyl (C=O) groups excluding carboxylic acids is 2. The van der Waals surface area contributed by atoms with Crippen LogP contribution in [-0.2, 0) is 12.4 Å². The molecule has 11 heteroatoms. The van der Waals surface area contributed by atoms with Crippen LogP contribution >= 0.6 is 8.58 Å². The molecule has 31 heavy (non-hydrogen) atoms. The van der Waals surface area contributed by atoms with Gasteiger partial charge in [0.1, 0.15) is 17.1 Å². The summed E-state index contributed by atoms with van der Waals surface area (Å²) >= 11 is 0. The van der Waals surface area contributed by atoms with Crippen molar-refractivity contribution in [2.45, 2.75) is 18.8 Å². The van der Waals surface area contributed by atoms with Crippen LogP contribution in [0.4, 0.5) is 26.3 Å². The Morgan fingerprint density at radius 1 is 0.806 bits per heavy atom. The molecule has 0 heterocycles. The highest BCUT2D eigenvalue weighted by molar-refractivity contribution is 7.58. The lowest BCUT2D eigenvalue weighted by atomic mass is 9.95. The zero-order valence-electron chi connectivity index (χ0n) is 16.3. The highest BCUT2D eigenvalue weighted by atomic mass is 31.1. The lowest BCUT2D eigenvalue weighted by Gasteiger charge is -2.18. The molecule has 0 aliphatic heterocycles. The molecule has 0 saturated heterocycles. The van der Waals surface area contributed by atoms with Crippen LogP contribution in [0.3, 0.4) is 0 Å². The minimum Gasteiger partial charge on any atom is -0.496 e. The van der Waals surface area contributed by atoms with E-state index in [9.17, 15) is 35.9 Å². The summed E-state index contributed by atoms with van der Waals surface area (Å²) < 4.78 is 89.5. The van der Waals surface area contributed by atoms with Gasteiger partial charge in [-0.05, 0) is 39.0 Å². The fourth-order valence-electron chi connectivity index (χ4n) is 2.90. The van der Waals surface area contributed by atoms with Crippen molar-refractivity contribution in [2.24, 2.45) is 0 Å². The van der Waals surface area contributed by atoms with Crippen molar-refractivity contribution in [3.63, 3.8) is 0 Å². The average Bonchev–Trinajstić information content (AvgIpc) is 2.70. The predicted molar refractivity (Wildman–Crippen MR) is 102 cm³/mol. The summed E-state index contributed by atoms with van der Waals surface area (Å²) in [6.07, 6.45) is -11.2. The molecule has 2 rings (SSSR count). The smallest absolute Gasteiger partial charge is 0.417 e. The third-order valence-corrected chi connectivity index (χ3v) is 5.32. The topological polar surface area (TPSA) is 52.6 Å². The lowest BCUT2D eigenvalue weighted by molar-refractivity contribution is -0.143. The molecule has 0 bridgehead atoms. The van der Waals surface area contributed by atoms with Crippen molar-refractivity contribution in [3.8, 4) is 11.5 Å². The summed E-state index contributed by atoms with van der Waals surface area (Å²) in [6, 6.07) is 6.03. The minimum atomic E-state index is -5.14. The second-order valence-electron chi connectivity index (χ2n) is 6.19. The van der Waals surface area contributed by atoms with Gasteiger partial charge in [0.15, 0.2) is 11.3 Å². The SMILES string of the molecule is COc1cccc(OC)c1C(=O)PCCC(=O)c1c(C(F)(F)F)cccc1C(F)(F)F. The Bertz CT molecular complexity index is 915. The summed E-state index contributed by atoms with van der Waals surface area (Å²) in [6.45, 7) is 0. The van der Waals surface area contributed by atoms with Crippen LogP contribution in [0.1, 0.15) is 38.3 Å². The minimum absolute atomic E-state index is 0.0879. The van der Waals surface area contributed by atoms with Gasteiger partial charge in [-0.15, -0.1) is 0 Å². The summed E-state index contributed by atoms with van der Waals surface area (Å²) in [5.41, 5.74) is -5.16. The summed E-state index contributed by atoms with van der Waals surface area (Å²) in [5.74, 6) is -0.942. The van der Waals surface area contributed by atoms with Crippen molar-refractivity contribution in [3.05, 3.63) is 58.7 Å². The van der Waals surface area contributed by atoms with E-state index in [0.29, 0.717) is 18.2 Å². The molecule has 0 radical (unpaired) electrons. The number of benzene rings is 2. The molecular formula is C20H17F6O4P. The molecule has 168 valence electrons. The van der Waals surface area contributed by atoms with Gasteiger partial charge in [-0.3, -0.25) is 9.59 Å². The number of alkyl halides is 6. The standard InChI is InChI=1S/C20H17F6O4P/c1-29-14-7-4-8-15(30-2)17(14)18(28)31-10-9-13(27)16-11(19(21,22)23)5-3-6-12(16)20(24,25)26/h3-8,31H,9-10H2,1-2H3. The molecular weight excluding hydrogens is 449 g/mol. The largest absolute Gasteiger partial charge is 0.496 e. The number of halogens is 6. The highest BCUT2D eigenvalue weighted by Gasteiger charge is 2.42. The van der Waals surface area contributed by atoms with Gasteiger partial charge in [0, 0.05) is 12.0 Å².